The Bertz CT molecular complexity index is 740. The first-order valence-electron chi connectivity index (χ1n) is 8.06. The molecule has 0 saturated carbocycles. The Morgan fingerprint density at radius 1 is 1.50 bits per heavy atom. The van der Waals surface area contributed by atoms with E-state index in [-0.39, 0.29) is 17.5 Å². The number of nitrogens with zero attached hydrogens (tertiary/aromatic N) is 4. The van der Waals surface area contributed by atoms with Gasteiger partial charge in [-0.3, -0.25) is 14.3 Å². The van der Waals surface area contributed by atoms with Crippen molar-refractivity contribution in [3.05, 3.63) is 46.4 Å². The lowest BCUT2D eigenvalue weighted by Gasteiger charge is -2.35. The van der Waals surface area contributed by atoms with Crippen LogP contribution in [0.15, 0.2) is 29.3 Å². The van der Waals surface area contributed by atoms with Gasteiger partial charge in [-0.05, 0) is 19.4 Å². The minimum absolute atomic E-state index is 0.0511. The van der Waals surface area contributed by atoms with E-state index in [1.807, 2.05) is 16.9 Å². The number of hydrogen-bond acceptors (Lipinski definition) is 5. The molecular weight excluding hydrogens is 310 g/mol. The Balaban J connectivity index is 1.67. The number of nitrogens with one attached hydrogen (secondary N) is 1. The standard InChI is InChI=1S/C16H21N5O3/c1-12-18-13(10-15(22)19-12)14-11-24-9-8-21(14)16(23)4-2-6-20-7-3-5-17-20/h3,5,7,10,14H,2,4,6,8-9,11H2,1H3,(H,18,19,22). The van der Waals surface area contributed by atoms with Crippen LogP contribution >= 0.6 is 0 Å². The fraction of sp³-hybridized carbons (Fsp3) is 0.500. The molecule has 0 bridgehead atoms. The maximum Gasteiger partial charge on any atom is 0.251 e. The number of rotatable bonds is 5. The Morgan fingerprint density at radius 2 is 2.38 bits per heavy atom. The van der Waals surface area contributed by atoms with E-state index in [0.29, 0.717) is 50.7 Å². The lowest BCUT2D eigenvalue weighted by atomic mass is 10.1. The first kappa shape index (κ1) is 16.4. The monoisotopic (exact) mass is 331 g/mol. The van der Waals surface area contributed by atoms with Crippen molar-refractivity contribution >= 4 is 5.91 Å². The molecule has 0 radical (unpaired) electrons. The average molecular weight is 331 g/mol. The normalized spacial score (nSPS) is 17.9. The van der Waals surface area contributed by atoms with Crippen molar-refractivity contribution in [2.75, 3.05) is 19.8 Å². The van der Waals surface area contributed by atoms with Crippen LogP contribution in [0, 0.1) is 6.92 Å². The molecule has 1 atom stereocenters. The highest BCUT2D eigenvalue weighted by Crippen LogP contribution is 2.23. The van der Waals surface area contributed by atoms with Crippen LogP contribution in [-0.2, 0) is 16.1 Å². The molecule has 0 aromatic carbocycles. The number of H-pyrrole nitrogens is 1. The summed E-state index contributed by atoms with van der Waals surface area (Å²) in [4.78, 5) is 33.1. The lowest BCUT2D eigenvalue weighted by molar-refractivity contribution is -0.140. The van der Waals surface area contributed by atoms with Crippen LogP contribution in [0.25, 0.3) is 0 Å². The summed E-state index contributed by atoms with van der Waals surface area (Å²) in [6.45, 7) is 3.81. The van der Waals surface area contributed by atoms with E-state index < -0.39 is 0 Å². The van der Waals surface area contributed by atoms with Gasteiger partial charge in [0.15, 0.2) is 0 Å². The average Bonchev–Trinajstić information content (AvgIpc) is 3.07. The van der Waals surface area contributed by atoms with Crippen LogP contribution in [0.4, 0.5) is 0 Å². The highest BCUT2D eigenvalue weighted by atomic mass is 16.5. The molecule has 1 fully saturated rings. The molecule has 128 valence electrons. The quantitative estimate of drug-likeness (QED) is 0.868. The molecular formula is C16H21N5O3. The number of carbonyl (C=O) groups excluding carboxylic acids is 1. The zero-order valence-electron chi connectivity index (χ0n) is 13.6. The first-order valence-corrected chi connectivity index (χ1v) is 8.06. The largest absolute Gasteiger partial charge is 0.377 e. The van der Waals surface area contributed by atoms with E-state index in [9.17, 15) is 9.59 Å². The van der Waals surface area contributed by atoms with Crippen LogP contribution < -0.4 is 5.56 Å². The summed E-state index contributed by atoms with van der Waals surface area (Å²) in [5, 5.41) is 4.13. The Morgan fingerprint density at radius 3 is 3.12 bits per heavy atom. The fourth-order valence-electron chi connectivity index (χ4n) is 2.89. The Hall–Kier alpha value is -2.48. The van der Waals surface area contributed by atoms with Gasteiger partial charge in [-0.15, -0.1) is 0 Å². The number of aryl methyl sites for hydroxylation is 2. The lowest BCUT2D eigenvalue weighted by Crippen LogP contribution is -2.44. The first-order chi connectivity index (χ1) is 11.6. The molecule has 0 aliphatic carbocycles. The number of amides is 1. The maximum absolute atomic E-state index is 12.6. The van der Waals surface area contributed by atoms with Gasteiger partial charge in [-0.25, -0.2) is 4.98 Å². The maximum atomic E-state index is 12.6. The summed E-state index contributed by atoms with van der Waals surface area (Å²) in [5.41, 5.74) is 0.366. The van der Waals surface area contributed by atoms with Crippen molar-refractivity contribution < 1.29 is 9.53 Å². The van der Waals surface area contributed by atoms with Gasteiger partial charge in [0.2, 0.25) is 5.91 Å². The SMILES string of the molecule is Cc1nc(C2COCCN2C(=O)CCCn2cccn2)cc(=O)[nH]1. The van der Waals surface area contributed by atoms with Gasteiger partial charge in [-0.2, -0.15) is 5.10 Å². The third-order valence-corrected chi connectivity index (χ3v) is 4.01. The molecule has 2 aromatic heterocycles. The number of aromatic nitrogens is 4. The van der Waals surface area contributed by atoms with Crippen LogP contribution in [-0.4, -0.2) is 50.3 Å². The molecule has 24 heavy (non-hydrogen) atoms. The molecule has 1 N–H and O–H groups in total. The molecule has 3 rings (SSSR count). The van der Waals surface area contributed by atoms with Crippen LogP contribution in [0.2, 0.25) is 0 Å². The van der Waals surface area contributed by atoms with Gasteiger partial charge < -0.3 is 14.6 Å². The van der Waals surface area contributed by atoms with Crippen molar-refractivity contribution in [1.82, 2.24) is 24.6 Å². The van der Waals surface area contributed by atoms with E-state index in [0.717, 1.165) is 0 Å². The number of morpholine rings is 1. The summed E-state index contributed by atoms with van der Waals surface area (Å²) in [6.07, 6.45) is 4.75. The van der Waals surface area contributed by atoms with Gasteiger partial charge in [0.1, 0.15) is 5.82 Å². The smallest absolute Gasteiger partial charge is 0.251 e. The highest BCUT2D eigenvalue weighted by Gasteiger charge is 2.29. The summed E-state index contributed by atoms with van der Waals surface area (Å²) in [7, 11) is 0. The molecule has 1 aliphatic heterocycles. The van der Waals surface area contributed by atoms with E-state index in [2.05, 4.69) is 15.1 Å². The number of aromatic amines is 1. The second-order valence-corrected chi connectivity index (χ2v) is 5.81. The Labute approximate surface area is 139 Å². The second kappa shape index (κ2) is 7.39. The molecule has 0 spiro atoms. The van der Waals surface area contributed by atoms with Crippen LogP contribution in [0.1, 0.15) is 30.4 Å². The number of ether oxygens (including phenoxy) is 1. The summed E-state index contributed by atoms with van der Waals surface area (Å²) in [5.74, 6) is 0.587. The number of carbonyl (C=O) groups is 1. The fourth-order valence-corrected chi connectivity index (χ4v) is 2.89. The molecule has 1 saturated heterocycles. The minimum atomic E-state index is -0.308. The molecule has 1 amide bonds. The van der Waals surface area contributed by atoms with Gasteiger partial charge in [-0.1, -0.05) is 0 Å². The van der Waals surface area contributed by atoms with Crippen LogP contribution in [0.5, 0.6) is 0 Å². The zero-order valence-corrected chi connectivity index (χ0v) is 13.6. The van der Waals surface area contributed by atoms with Gasteiger partial charge >= 0.3 is 0 Å². The molecule has 1 aliphatic rings. The van der Waals surface area contributed by atoms with Gasteiger partial charge in [0.05, 0.1) is 24.9 Å². The molecule has 1 unspecified atom stereocenters. The van der Waals surface area contributed by atoms with Crippen molar-refractivity contribution in [1.29, 1.82) is 0 Å². The van der Waals surface area contributed by atoms with Crippen LogP contribution in [0.3, 0.4) is 0 Å². The highest BCUT2D eigenvalue weighted by molar-refractivity contribution is 5.76. The predicted octanol–water partition coefficient (Wildman–Crippen LogP) is 0.655. The topological polar surface area (TPSA) is 93.1 Å². The van der Waals surface area contributed by atoms with E-state index in [4.69, 9.17) is 4.74 Å². The van der Waals surface area contributed by atoms with E-state index in [1.54, 1.807) is 18.0 Å². The third kappa shape index (κ3) is 3.88. The van der Waals surface area contributed by atoms with Gasteiger partial charge in [0, 0.05) is 38.0 Å². The van der Waals surface area contributed by atoms with Crippen molar-refractivity contribution in [2.24, 2.45) is 0 Å². The zero-order chi connectivity index (χ0) is 16.9. The minimum Gasteiger partial charge on any atom is -0.377 e. The molecule has 8 nitrogen and oxygen atoms in total. The van der Waals surface area contributed by atoms with Gasteiger partial charge in [0.25, 0.3) is 5.56 Å². The van der Waals surface area contributed by atoms with Crippen molar-refractivity contribution in [3.8, 4) is 0 Å². The molecule has 3 heterocycles. The van der Waals surface area contributed by atoms with Crippen molar-refractivity contribution in [2.45, 2.75) is 32.4 Å². The summed E-state index contributed by atoms with van der Waals surface area (Å²) in [6, 6.07) is 2.99. The Kier molecular flexibility index (Phi) is 5.05. The molecule has 8 heteroatoms. The summed E-state index contributed by atoms with van der Waals surface area (Å²) >= 11 is 0. The molecule has 2 aromatic rings. The summed E-state index contributed by atoms with van der Waals surface area (Å²) < 4.78 is 7.31. The van der Waals surface area contributed by atoms with E-state index >= 15 is 0 Å². The van der Waals surface area contributed by atoms with E-state index in [1.165, 1.54) is 6.07 Å². The van der Waals surface area contributed by atoms with Crippen molar-refractivity contribution in [3.63, 3.8) is 0 Å². The predicted molar refractivity (Wildman–Crippen MR) is 86.3 cm³/mol. The third-order valence-electron chi connectivity index (χ3n) is 4.01. The second-order valence-electron chi connectivity index (χ2n) is 5.81. The number of hydrogen-bond donors (Lipinski definition) is 1.